The molecule has 4 heteroatoms. The second-order valence-corrected chi connectivity index (χ2v) is 5.21. The lowest BCUT2D eigenvalue weighted by molar-refractivity contribution is -0.122. The zero-order valence-corrected chi connectivity index (χ0v) is 12.5. The zero-order chi connectivity index (χ0) is 15.5. The Labute approximate surface area is 124 Å². The molecule has 0 heterocycles. The van der Waals surface area contributed by atoms with Crippen LogP contribution in [0.2, 0.25) is 0 Å². The van der Waals surface area contributed by atoms with Crippen LogP contribution in [0.1, 0.15) is 18.1 Å². The van der Waals surface area contributed by atoms with Crippen molar-refractivity contribution in [2.75, 3.05) is 12.4 Å². The number of carbonyl (C=O) groups is 1. The number of carbonyl (C=O) groups excluding carboxylic acids is 1. The van der Waals surface area contributed by atoms with Gasteiger partial charge in [0.25, 0.3) is 0 Å². The van der Waals surface area contributed by atoms with Crippen LogP contribution < -0.4 is 15.8 Å². The Morgan fingerprint density at radius 2 is 1.86 bits per heavy atom. The summed E-state index contributed by atoms with van der Waals surface area (Å²) in [7, 11) is 1.60. The van der Waals surface area contributed by atoms with Crippen molar-refractivity contribution in [3.63, 3.8) is 0 Å². The first-order valence-corrected chi connectivity index (χ1v) is 6.75. The van der Waals surface area contributed by atoms with Crippen LogP contribution in [0.5, 0.6) is 5.75 Å². The van der Waals surface area contributed by atoms with Crippen LogP contribution in [0.4, 0.5) is 5.69 Å². The predicted octanol–water partition coefficient (Wildman–Crippen LogP) is 2.82. The van der Waals surface area contributed by atoms with Gasteiger partial charge in [0.1, 0.15) is 11.3 Å². The molecule has 0 saturated carbocycles. The van der Waals surface area contributed by atoms with E-state index in [2.05, 4.69) is 5.32 Å². The molecule has 110 valence electrons. The maximum Gasteiger partial charge on any atom is 0.247 e. The normalized spacial score (nSPS) is 13.3. The highest BCUT2D eigenvalue weighted by atomic mass is 16.5. The second kappa shape index (κ2) is 5.87. The van der Waals surface area contributed by atoms with Crippen molar-refractivity contribution in [2.24, 2.45) is 5.73 Å². The summed E-state index contributed by atoms with van der Waals surface area (Å²) in [5.74, 6) is 0.282. The van der Waals surface area contributed by atoms with Gasteiger partial charge in [-0.3, -0.25) is 4.79 Å². The van der Waals surface area contributed by atoms with E-state index in [1.54, 1.807) is 14.0 Å². The number of hydrogen-bond acceptors (Lipinski definition) is 3. The summed E-state index contributed by atoms with van der Waals surface area (Å²) in [5, 5.41) is 3.21. The summed E-state index contributed by atoms with van der Waals surface area (Å²) in [5.41, 5.74) is 7.37. The molecule has 0 spiro atoms. The molecular weight excluding hydrogens is 264 g/mol. The molecular formula is C17H20N2O2. The summed E-state index contributed by atoms with van der Waals surface area (Å²) in [6.45, 7) is 3.78. The van der Waals surface area contributed by atoms with E-state index in [1.807, 2.05) is 55.5 Å². The molecule has 0 fully saturated rings. The Balaban J connectivity index is 2.38. The number of aryl methyl sites for hydroxylation is 1. The van der Waals surface area contributed by atoms with Gasteiger partial charge in [0, 0.05) is 11.8 Å². The fraction of sp³-hybridized carbons (Fsp3) is 0.235. The fourth-order valence-corrected chi connectivity index (χ4v) is 2.15. The number of primary amides is 1. The van der Waals surface area contributed by atoms with Gasteiger partial charge in [-0.15, -0.1) is 0 Å². The number of rotatable bonds is 5. The highest BCUT2D eigenvalue weighted by Crippen LogP contribution is 2.28. The molecule has 0 aromatic heterocycles. The Bertz CT molecular complexity index is 637. The molecule has 0 aliphatic rings. The summed E-state index contributed by atoms with van der Waals surface area (Å²) in [6, 6.07) is 15.2. The van der Waals surface area contributed by atoms with Crippen molar-refractivity contribution in [2.45, 2.75) is 19.4 Å². The van der Waals surface area contributed by atoms with E-state index in [-0.39, 0.29) is 0 Å². The monoisotopic (exact) mass is 284 g/mol. The molecule has 0 aliphatic carbocycles. The van der Waals surface area contributed by atoms with E-state index < -0.39 is 11.4 Å². The first kappa shape index (κ1) is 14.9. The molecule has 0 bridgehead atoms. The molecule has 0 aliphatic heterocycles. The third-order valence-corrected chi connectivity index (χ3v) is 3.59. The average Bonchev–Trinajstić information content (AvgIpc) is 2.47. The van der Waals surface area contributed by atoms with Gasteiger partial charge in [0.2, 0.25) is 5.91 Å². The molecule has 2 aromatic carbocycles. The lowest BCUT2D eigenvalue weighted by Crippen LogP contribution is -2.45. The maximum absolute atomic E-state index is 12.0. The number of benzene rings is 2. The van der Waals surface area contributed by atoms with Gasteiger partial charge in [-0.25, -0.2) is 0 Å². The molecule has 2 aromatic rings. The number of hydrogen-bond donors (Lipinski definition) is 2. The minimum Gasteiger partial charge on any atom is -0.497 e. The van der Waals surface area contributed by atoms with Crippen molar-refractivity contribution in [3.05, 3.63) is 59.7 Å². The van der Waals surface area contributed by atoms with E-state index in [0.29, 0.717) is 0 Å². The highest BCUT2D eigenvalue weighted by Gasteiger charge is 2.33. The number of nitrogens with one attached hydrogen (secondary N) is 1. The van der Waals surface area contributed by atoms with E-state index in [0.717, 1.165) is 22.6 Å². The lowest BCUT2D eigenvalue weighted by atomic mass is 9.90. The Kier molecular flexibility index (Phi) is 4.17. The standard InChI is InChI=1S/C17H20N2O2/c1-12-7-9-13(10-8-12)17(2,16(18)20)19-14-5-4-6-15(11-14)21-3/h4-11,19H,1-3H3,(H2,18,20). The van der Waals surface area contributed by atoms with Crippen LogP contribution in [0.25, 0.3) is 0 Å². The van der Waals surface area contributed by atoms with Crippen molar-refractivity contribution in [1.82, 2.24) is 0 Å². The quantitative estimate of drug-likeness (QED) is 0.887. The minimum atomic E-state index is -0.986. The molecule has 0 radical (unpaired) electrons. The topological polar surface area (TPSA) is 64.3 Å². The van der Waals surface area contributed by atoms with Crippen LogP contribution in [-0.2, 0) is 10.3 Å². The first-order valence-electron chi connectivity index (χ1n) is 6.75. The van der Waals surface area contributed by atoms with Gasteiger partial charge in [0.05, 0.1) is 7.11 Å². The summed E-state index contributed by atoms with van der Waals surface area (Å²) in [6.07, 6.45) is 0. The Hall–Kier alpha value is -2.49. The van der Waals surface area contributed by atoms with Gasteiger partial charge in [0.15, 0.2) is 0 Å². The second-order valence-electron chi connectivity index (χ2n) is 5.21. The van der Waals surface area contributed by atoms with Crippen LogP contribution in [-0.4, -0.2) is 13.0 Å². The van der Waals surface area contributed by atoms with E-state index in [9.17, 15) is 4.79 Å². The zero-order valence-electron chi connectivity index (χ0n) is 12.5. The first-order chi connectivity index (χ1) is 9.95. The largest absolute Gasteiger partial charge is 0.497 e. The highest BCUT2D eigenvalue weighted by molar-refractivity contribution is 5.89. The summed E-state index contributed by atoms with van der Waals surface area (Å²) in [4.78, 5) is 12.0. The third-order valence-electron chi connectivity index (χ3n) is 3.59. The molecule has 1 unspecified atom stereocenters. The van der Waals surface area contributed by atoms with Crippen molar-refractivity contribution >= 4 is 11.6 Å². The maximum atomic E-state index is 12.0. The molecule has 1 atom stereocenters. The number of amides is 1. The fourth-order valence-electron chi connectivity index (χ4n) is 2.15. The van der Waals surface area contributed by atoms with Crippen molar-refractivity contribution in [3.8, 4) is 5.75 Å². The number of ether oxygens (including phenoxy) is 1. The van der Waals surface area contributed by atoms with Crippen LogP contribution >= 0.6 is 0 Å². The van der Waals surface area contributed by atoms with Gasteiger partial charge in [-0.05, 0) is 31.5 Å². The minimum absolute atomic E-state index is 0.436. The molecule has 4 nitrogen and oxygen atoms in total. The molecule has 1 amide bonds. The van der Waals surface area contributed by atoms with Gasteiger partial charge in [-0.1, -0.05) is 35.9 Å². The van der Waals surface area contributed by atoms with Gasteiger partial charge in [-0.2, -0.15) is 0 Å². The van der Waals surface area contributed by atoms with E-state index >= 15 is 0 Å². The predicted molar refractivity (Wildman–Crippen MR) is 84.3 cm³/mol. The van der Waals surface area contributed by atoms with Gasteiger partial charge >= 0.3 is 0 Å². The summed E-state index contributed by atoms with van der Waals surface area (Å²) < 4.78 is 5.20. The Morgan fingerprint density at radius 3 is 2.43 bits per heavy atom. The van der Waals surface area contributed by atoms with E-state index in [4.69, 9.17) is 10.5 Å². The van der Waals surface area contributed by atoms with Crippen molar-refractivity contribution < 1.29 is 9.53 Å². The molecule has 21 heavy (non-hydrogen) atoms. The number of anilines is 1. The summed E-state index contributed by atoms with van der Waals surface area (Å²) >= 11 is 0. The Morgan fingerprint density at radius 1 is 1.19 bits per heavy atom. The van der Waals surface area contributed by atoms with E-state index in [1.165, 1.54) is 0 Å². The van der Waals surface area contributed by atoms with Crippen LogP contribution in [0, 0.1) is 6.92 Å². The van der Waals surface area contributed by atoms with Gasteiger partial charge < -0.3 is 15.8 Å². The smallest absolute Gasteiger partial charge is 0.247 e. The molecule has 2 rings (SSSR count). The SMILES string of the molecule is COc1cccc(NC(C)(C(N)=O)c2ccc(C)cc2)c1. The number of nitrogens with two attached hydrogens (primary N) is 1. The average molecular weight is 284 g/mol. The molecule has 3 N–H and O–H groups in total. The lowest BCUT2D eigenvalue weighted by Gasteiger charge is -2.29. The molecule has 0 saturated heterocycles. The van der Waals surface area contributed by atoms with Crippen LogP contribution in [0.3, 0.4) is 0 Å². The van der Waals surface area contributed by atoms with Crippen molar-refractivity contribution in [1.29, 1.82) is 0 Å². The van der Waals surface area contributed by atoms with Crippen LogP contribution in [0.15, 0.2) is 48.5 Å². The number of methoxy groups -OCH3 is 1. The third kappa shape index (κ3) is 3.16.